The van der Waals surface area contributed by atoms with Crippen molar-refractivity contribution in [1.82, 2.24) is 5.32 Å². The SMILES string of the molecule is CNCCC(Oc1c(I)ccc2ccccc12)c1ccoc1. The number of hydrogen-bond donors (Lipinski definition) is 1. The van der Waals surface area contributed by atoms with Gasteiger partial charge >= 0.3 is 0 Å². The van der Waals surface area contributed by atoms with Gasteiger partial charge in [-0.1, -0.05) is 30.3 Å². The lowest BCUT2D eigenvalue weighted by atomic mass is 10.1. The molecule has 1 atom stereocenters. The molecule has 0 bridgehead atoms. The van der Waals surface area contributed by atoms with Crippen LogP contribution < -0.4 is 10.1 Å². The minimum absolute atomic E-state index is 0.0227. The van der Waals surface area contributed by atoms with Gasteiger partial charge in [0.05, 0.1) is 16.1 Å². The van der Waals surface area contributed by atoms with Crippen LogP contribution in [-0.4, -0.2) is 13.6 Å². The van der Waals surface area contributed by atoms with Gasteiger partial charge in [-0.25, -0.2) is 0 Å². The number of ether oxygens (including phenoxy) is 1. The highest BCUT2D eigenvalue weighted by atomic mass is 127. The molecule has 114 valence electrons. The lowest BCUT2D eigenvalue weighted by Crippen LogP contribution is -2.16. The van der Waals surface area contributed by atoms with Gasteiger partial charge in [-0.05, 0) is 53.7 Å². The van der Waals surface area contributed by atoms with Gasteiger partial charge in [0.2, 0.25) is 0 Å². The second kappa shape index (κ2) is 7.15. The minimum atomic E-state index is -0.0227. The quantitative estimate of drug-likeness (QED) is 0.598. The van der Waals surface area contributed by atoms with Crippen molar-refractivity contribution >= 4 is 33.4 Å². The molecule has 0 radical (unpaired) electrons. The number of benzene rings is 2. The first kappa shape index (κ1) is 15.4. The van der Waals surface area contributed by atoms with Crippen LogP contribution in [-0.2, 0) is 0 Å². The maximum atomic E-state index is 6.40. The zero-order chi connectivity index (χ0) is 15.4. The average Bonchev–Trinajstić information content (AvgIpc) is 3.07. The van der Waals surface area contributed by atoms with E-state index >= 15 is 0 Å². The second-order valence-electron chi connectivity index (χ2n) is 5.15. The van der Waals surface area contributed by atoms with Crippen molar-refractivity contribution in [3.05, 3.63) is 64.1 Å². The molecule has 0 saturated carbocycles. The van der Waals surface area contributed by atoms with Crippen LogP contribution >= 0.6 is 22.6 Å². The number of rotatable bonds is 6. The molecule has 0 fully saturated rings. The Labute approximate surface area is 143 Å². The molecule has 0 spiro atoms. The third kappa shape index (κ3) is 3.28. The van der Waals surface area contributed by atoms with E-state index in [2.05, 4.69) is 52.2 Å². The first-order valence-corrected chi connectivity index (χ1v) is 8.38. The first-order chi connectivity index (χ1) is 10.8. The van der Waals surface area contributed by atoms with E-state index < -0.39 is 0 Å². The Kier molecular flexibility index (Phi) is 5.00. The van der Waals surface area contributed by atoms with Crippen molar-refractivity contribution in [2.24, 2.45) is 0 Å². The molecule has 1 aromatic heterocycles. The number of fused-ring (bicyclic) bond motifs is 1. The van der Waals surface area contributed by atoms with Gasteiger partial charge < -0.3 is 14.5 Å². The molecular weight excluding hydrogens is 389 g/mol. The Morgan fingerprint density at radius 3 is 2.82 bits per heavy atom. The lowest BCUT2D eigenvalue weighted by Gasteiger charge is -2.20. The van der Waals surface area contributed by atoms with Gasteiger partial charge in [0.15, 0.2) is 0 Å². The van der Waals surface area contributed by atoms with Crippen LogP contribution in [0.5, 0.6) is 5.75 Å². The van der Waals surface area contributed by atoms with E-state index in [1.54, 1.807) is 12.5 Å². The van der Waals surface area contributed by atoms with Crippen LogP contribution in [0.4, 0.5) is 0 Å². The van der Waals surface area contributed by atoms with Crippen molar-refractivity contribution in [3.8, 4) is 5.75 Å². The van der Waals surface area contributed by atoms with Crippen LogP contribution in [0.1, 0.15) is 18.1 Å². The van der Waals surface area contributed by atoms with Crippen molar-refractivity contribution in [2.45, 2.75) is 12.5 Å². The Balaban J connectivity index is 1.97. The van der Waals surface area contributed by atoms with E-state index in [1.807, 2.05) is 25.2 Å². The molecular formula is C18H18INO2. The van der Waals surface area contributed by atoms with E-state index in [0.717, 1.165) is 33.2 Å². The van der Waals surface area contributed by atoms with E-state index in [9.17, 15) is 0 Å². The zero-order valence-electron chi connectivity index (χ0n) is 12.4. The standard InChI is InChI=1S/C18H18INO2/c1-20-10-8-17(14-9-11-21-12-14)22-18-15-5-3-2-4-13(15)6-7-16(18)19/h2-7,9,11-12,17,20H,8,10H2,1H3. The maximum absolute atomic E-state index is 6.40. The third-order valence-electron chi connectivity index (χ3n) is 3.66. The van der Waals surface area contributed by atoms with Gasteiger partial charge in [0.1, 0.15) is 11.9 Å². The fourth-order valence-corrected chi connectivity index (χ4v) is 3.10. The molecule has 0 aliphatic carbocycles. The van der Waals surface area contributed by atoms with Gasteiger partial charge in [0, 0.05) is 17.4 Å². The van der Waals surface area contributed by atoms with E-state index in [4.69, 9.17) is 9.15 Å². The molecule has 0 saturated heterocycles. The number of hydrogen-bond acceptors (Lipinski definition) is 3. The molecule has 0 aliphatic rings. The monoisotopic (exact) mass is 407 g/mol. The molecule has 0 aliphatic heterocycles. The predicted octanol–water partition coefficient (Wildman–Crippen LogP) is 4.77. The first-order valence-electron chi connectivity index (χ1n) is 7.30. The van der Waals surface area contributed by atoms with Crippen molar-refractivity contribution < 1.29 is 9.15 Å². The van der Waals surface area contributed by atoms with Gasteiger partial charge in [-0.3, -0.25) is 0 Å². The lowest BCUT2D eigenvalue weighted by molar-refractivity contribution is 0.195. The second-order valence-corrected chi connectivity index (χ2v) is 6.32. The van der Waals surface area contributed by atoms with E-state index in [-0.39, 0.29) is 6.10 Å². The molecule has 3 rings (SSSR count). The number of furan rings is 1. The van der Waals surface area contributed by atoms with Crippen molar-refractivity contribution in [2.75, 3.05) is 13.6 Å². The fourth-order valence-electron chi connectivity index (χ4n) is 2.51. The van der Waals surface area contributed by atoms with Crippen molar-refractivity contribution in [3.63, 3.8) is 0 Å². The smallest absolute Gasteiger partial charge is 0.141 e. The molecule has 22 heavy (non-hydrogen) atoms. The zero-order valence-corrected chi connectivity index (χ0v) is 14.5. The fraction of sp³-hybridized carbons (Fsp3) is 0.222. The summed E-state index contributed by atoms with van der Waals surface area (Å²) in [4.78, 5) is 0. The molecule has 3 nitrogen and oxygen atoms in total. The highest BCUT2D eigenvalue weighted by Gasteiger charge is 2.17. The molecule has 1 N–H and O–H groups in total. The maximum Gasteiger partial charge on any atom is 0.141 e. The molecule has 3 aromatic rings. The predicted molar refractivity (Wildman–Crippen MR) is 97.3 cm³/mol. The third-order valence-corrected chi connectivity index (χ3v) is 4.51. The van der Waals surface area contributed by atoms with Crippen LogP contribution in [0.25, 0.3) is 10.8 Å². The molecule has 0 amide bonds. The Morgan fingerprint density at radius 2 is 2.05 bits per heavy atom. The topological polar surface area (TPSA) is 34.4 Å². The summed E-state index contributed by atoms with van der Waals surface area (Å²) in [6, 6.07) is 14.5. The van der Waals surface area contributed by atoms with Crippen LogP contribution in [0.15, 0.2) is 59.4 Å². The Morgan fingerprint density at radius 1 is 1.18 bits per heavy atom. The largest absolute Gasteiger partial charge is 0.484 e. The van der Waals surface area contributed by atoms with Gasteiger partial charge in [-0.2, -0.15) is 0 Å². The normalized spacial score (nSPS) is 12.5. The van der Waals surface area contributed by atoms with Gasteiger partial charge in [-0.15, -0.1) is 0 Å². The van der Waals surface area contributed by atoms with Gasteiger partial charge in [0.25, 0.3) is 0 Å². The summed E-state index contributed by atoms with van der Waals surface area (Å²) in [6.45, 7) is 0.886. The number of halogens is 1. The van der Waals surface area contributed by atoms with E-state index in [1.165, 1.54) is 5.39 Å². The Hall–Kier alpha value is -1.53. The molecule has 2 aromatic carbocycles. The summed E-state index contributed by atoms with van der Waals surface area (Å²) in [5.41, 5.74) is 1.07. The summed E-state index contributed by atoms with van der Waals surface area (Å²) >= 11 is 2.33. The summed E-state index contributed by atoms with van der Waals surface area (Å²) in [5, 5.41) is 5.52. The summed E-state index contributed by atoms with van der Waals surface area (Å²) < 4.78 is 12.7. The summed E-state index contributed by atoms with van der Waals surface area (Å²) in [6.07, 6.45) is 4.32. The highest BCUT2D eigenvalue weighted by molar-refractivity contribution is 14.1. The van der Waals surface area contributed by atoms with Crippen molar-refractivity contribution in [1.29, 1.82) is 0 Å². The summed E-state index contributed by atoms with van der Waals surface area (Å²) in [7, 11) is 1.95. The molecule has 1 heterocycles. The summed E-state index contributed by atoms with van der Waals surface area (Å²) in [5.74, 6) is 0.945. The molecule has 1 unspecified atom stereocenters. The minimum Gasteiger partial charge on any atom is -0.484 e. The highest BCUT2D eigenvalue weighted by Crippen LogP contribution is 2.35. The van der Waals surface area contributed by atoms with E-state index in [0.29, 0.717) is 0 Å². The number of nitrogens with one attached hydrogen (secondary N) is 1. The van der Waals surface area contributed by atoms with Crippen LogP contribution in [0, 0.1) is 3.57 Å². The average molecular weight is 407 g/mol. The van der Waals surface area contributed by atoms with Crippen LogP contribution in [0.3, 0.4) is 0 Å². The molecule has 4 heteroatoms. The Bertz CT molecular complexity index is 740. The van der Waals surface area contributed by atoms with Crippen LogP contribution in [0.2, 0.25) is 0 Å².